The number of ether oxygens (including phenoxy) is 1. The molecule has 2 N–H and O–H groups in total. The maximum absolute atomic E-state index is 12.2. The Morgan fingerprint density at radius 1 is 1.38 bits per heavy atom. The standard InChI is InChI=1S/C17H19N5O2/c1-12(2)11-24-9-8-18-17-20-15-14(16(23)21-17)10-19-22(15)13-6-4-3-5-7-13/h3-7,10H,1,8-9,11H2,2H3,(H2,18,20,21,23). The minimum absolute atomic E-state index is 0.229. The number of benzene rings is 1. The van der Waals surface area contributed by atoms with Crippen molar-refractivity contribution in [3.8, 4) is 5.69 Å². The highest BCUT2D eigenvalue weighted by Gasteiger charge is 2.11. The normalized spacial score (nSPS) is 10.9. The van der Waals surface area contributed by atoms with E-state index in [9.17, 15) is 4.79 Å². The Labute approximate surface area is 139 Å². The van der Waals surface area contributed by atoms with Crippen LogP contribution in [0.25, 0.3) is 16.7 Å². The van der Waals surface area contributed by atoms with E-state index in [1.165, 1.54) is 6.20 Å². The molecule has 7 nitrogen and oxygen atoms in total. The van der Waals surface area contributed by atoms with Crippen LogP contribution in [0.2, 0.25) is 0 Å². The quantitative estimate of drug-likeness (QED) is 0.513. The minimum Gasteiger partial charge on any atom is -0.375 e. The highest BCUT2D eigenvalue weighted by Crippen LogP contribution is 2.14. The number of anilines is 1. The van der Waals surface area contributed by atoms with Crippen molar-refractivity contribution in [2.45, 2.75) is 6.92 Å². The van der Waals surface area contributed by atoms with E-state index in [1.54, 1.807) is 4.68 Å². The lowest BCUT2D eigenvalue weighted by Crippen LogP contribution is -2.17. The molecule has 3 aromatic rings. The average Bonchev–Trinajstić information content (AvgIpc) is 2.99. The molecule has 0 aliphatic rings. The molecule has 0 radical (unpaired) electrons. The lowest BCUT2D eigenvalue weighted by molar-refractivity contribution is 0.167. The van der Waals surface area contributed by atoms with E-state index in [2.05, 4.69) is 27.0 Å². The van der Waals surface area contributed by atoms with Crippen molar-refractivity contribution in [2.24, 2.45) is 0 Å². The summed E-state index contributed by atoms with van der Waals surface area (Å²) in [5, 5.41) is 7.77. The number of nitrogens with one attached hydrogen (secondary N) is 2. The zero-order chi connectivity index (χ0) is 16.9. The fourth-order valence-electron chi connectivity index (χ4n) is 2.25. The lowest BCUT2D eigenvalue weighted by Gasteiger charge is -2.07. The summed E-state index contributed by atoms with van der Waals surface area (Å²) in [6.45, 7) is 7.22. The Morgan fingerprint density at radius 2 is 2.17 bits per heavy atom. The Morgan fingerprint density at radius 3 is 2.92 bits per heavy atom. The maximum Gasteiger partial charge on any atom is 0.263 e. The first-order valence-corrected chi connectivity index (χ1v) is 7.64. The Hall–Kier alpha value is -2.93. The summed E-state index contributed by atoms with van der Waals surface area (Å²) in [6.07, 6.45) is 1.52. The average molecular weight is 325 g/mol. The predicted octanol–water partition coefficient (Wildman–Crippen LogP) is 2.11. The van der Waals surface area contributed by atoms with Crippen molar-refractivity contribution in [2.75, 3.05) is 25.1 Å². The van der Waals surface area contributed by atoms with Crippen molar-refractivity contribution < 1.29 is 4.74 Å². The molecule has 0 fully saturated rings. The van der Waals surface area contributed by atoms with Gasteiger partial charge in [0.15, 0.2) is 5.65 Å². The van der Waals surface area contributed by atoms with E-state index in [1.807, 2.05) is 37.3 Å². The third kappa shape index (κ3) is 3.52. The van der Waals surface area contributed by atoms with Gasteiger partial charge in [0.05, 0.1) is 25.1 Å². The third-order valence-corrected chi connectivity index (χ3v) is 3.33. The van der Waals surface area contributed by atoms with Crippen LogP contribution in [0.5, 0.6) is 0 Å². The summed E-state index contributed by atoms with van der Waals surface area (Å²) in [4.78, 5) is 19.4. The molecule has 0 saturated carbocycles. The Bertz CT molecular complexity index is 898. The summed E-state index contributed by atoms with van der Waals surface area (Å²) in [5.41, 5.74) is 2.10. The van der Waals surface area contributed by atoms with Crippen LogP contribution >= 0.6 is 0 Å². The van der Waals surface area contributed by atoms with Gasteiger partial charge in [-0.1, -0.05) is 30.4 Å². The highest BCUT2D eigenvalue weighted by molar-refractivity contribution is 5.76. The number of hydrogen-bond acceptors (Lipinski definition) is 5. The molecule has 1 aromatic carbocycles. The number of nitrogens with zero attached hydrogens (tertiary/aromatic N) is 3. The summed E-state index contributed by atoms with van der Waals surface area (Å²) in [7, 11) is 0. The number of aromatic amines is 1. The van der Waals surface area contributed by atoms with Crippen LogP contribution < -0.4 is 10.9 Å². The fraction of sp³-hybridized carbons (Fsp3) is 0.235. The molecule has 2 aromatic heterocycles. The summed E-state index contributed by atoms with van der Waals surface area (Å²) < 4.78 is 7.06. The second kappa shape index (κ2) is 7.10. The first-order chi connectivity index (χ1) is 11.6. The maximum atomic E-state index is 12.2. The molecule has 2 heterocycles. The molecule has 124 valence electrons. The van der Waals surface area contributed by atoms with Gasteiger partial charge in [0.1, 0.15) is 5.39 Å². The first kappa shape index (κ1) is 15.9. The molecule has 0 unspecified atom stereocenters. The lowest BCUT2D eigenvalue weighted by atomic mass is 10.3. The van der Waals surface area contributed by atoms with Gasteiger partial charge in [0.25, 0.3) is 5.56 Å². The van der Waals surface area contributed by atoms with Crippen LogP contribution in [-0.2, 0) is 4.74 Å². The van der Waals surface area contributed by atoms with Gasteiger partial charge in [0.2, 0.25) is 5.95 Å². The SMILES string of the molecule is C=C(C)COCCNc1nc2c(cnn2-c2ccccc2)c(=O)[nH]1. The van der Waals surface area contributed by atoms with E-state index in [-0.39, 0.29) is 5.56 Å². The van der Waals surface area contributed by atoms with Crippen LogP contribution in [0.4, 0.5) is 5.95 Å². The molecule has 0 saturated heterocycles. The smallest absolute Gasteiger partial charge is 0.263 e. The highest BCUT2D eigenvalue weighted by atomic mass is 16.5. The summed E-state index contributed by atoms with van der Waals surface area (Å²) in [6, 6.07) is 9.57. The molecule has 0 atom stereocenters. The van der Waals surface area contributed by atoms with E-state index in [0.717, 1.165) is 11.3 Å². The number of fused-ring (bicyclic) bond motifs is 1. The Balaban J connectivity index is 1.81. The summed E-state index contributed by atoms with van der Waals surface area (Å²) in [5.74, 6) is 0.393. The first-order valence-electron chi connectivity index (χ1n) is 7.64. The zero-order valence-corrected chi connectivity index (χ0v) is 13.5. The number of H-pyrrole nitrogens is 1. The largest absolute Gasteiger partial charge is 0.375 e. The molecule has 0 bridgehead atoms. The number of para-hydroxylation sites is 1. The van der Waals surface area contributed by atoms with Crippen LogP contribution in [0.1, 0.15) is 6.92 Å². The van der Waals surface area contributed by atoms with Crippen LogP contribution in [-0.4, -0.2) is 39.5 Å². The topological polar surface area (TPSA) is 84.8 Å². The van der Waals surface area contributed by atoms with E-state index < -0.39 is 0 Å². The molecule has 0 aliphatic carbocycles. The van der Waals surface area contributed by atoms with Crippen molar-refractivity contribution in [1.29, 1.82) is 0 Å². The van der Waals surface area contributed by atoms with Gasteiger partial charge in [-0.05, 0) is 19.1 Å². The second-order valence-electron chi connectivity index (χ2n) is 5.48. The van der Waals surface area contributed by atoms with Gasteiger partial charge in [-0.3, -0.25) is 9.78 Å². The van der Waals surface area contributed by atoms with Gasteiger partial charge in [-0.25, -0.2) is 4.68 Å². The molecular weight excluding hydrogens is 306 g/mol. The summed E-state index contributed by atoms with van der Waals surface area (Å²) >= 11 is 0. The second-order valence-corrected chi connectivity index (χ2v) is 5.48. The molecule has 24 heavy (non-hydrogen) atoms. The molecule has 3 rings (SSSR count). The fourth-order valence-corrected chi connectivity index (χ4v) is 2.25. The van der Waals surface area contributed by atoms with Crippen molar-refractivity contribution in [3.63, 3.8) is 0 Å². The van der Waals surface area contributed by atoms with Gasteiger partial charge >= 0.3 is 0 Å². The number of hydrogen-bond donors (Lipinski definition) is 2. The molecule has 0 amide bonds. The van der Waals surface area contributed by atoms with Crippen molar-refractivity contribution in [1.82, 2.24) is 19.7 Å². The zero-order valence-electron chi connectivity index (χ0n) is 13.5. The minimum atomic E-state index is -0.229. The Kier molecular flexibility index (Phi) is 4.72. The van der Waals surface area contributed by atoms with Crippen LogP contribution in [0.3, 0.4) is 0 Å². The predicted molar refractivity (Wildman–Crippen MR) is 93.6 cm³/mol. The molecule has 7 heteroatoms. The van der Waals surface area contributed by atoms with E-state index in [4.69, 9.17) is 4.74 Å². The van der Waals surface area contributed by atoms with Gasteiger partial charge < -0.3 is 10.1 Å². The molecule has 0 aliphatic heterocycles. The van der Waals surface area contributed by atoms with Gasteiger partial charge in [-0.15, -0.1) is 0 Å². The van der Waals surface area contributed by atoms with Crippen molar-refractivity contribution in [3.05, 3.63) is 59.0 Å². The van der Waals surface area contributed by atoms with E-state index in [0.29, 0.717) is 36.7 Å². The third-order valence-electron chi connectivity index (χ3n) is 3.33. The van der Waals surface area contributed by atoms with Gasteiger partial charge in [-0.2, -0.15) is 10.1 Å². The molecular formula is C17H19N5O2. The van der Waals surface area contributed by atoms with E-state index >= 15 is 0 Å². The number of aromatic nitrogens is 4. The van der Waals surface area contributed by atoms with Gasteiger partial charge in [0, 0.05) is 6.54 Å². The van der Waals surface area contributed by atoms with Crippen LogP contribution in [0, 0.1) is 0 Å². The van der Waals surface area contributed by atoms with Crippen molar-refractivity contribution >= 4 is 17.0 Å². The van der Waals surface area contributed by atoms with Crippen LogP contribution in [0.15, 0.2) is 53.5 Å². The number of rotatable bonds is 7. The molecule has 0 spiro atoms. The monoisotopic (exact) mass is 325 g/mol.